The minimum atomic E-state index is 0.109. The van der Waals surface area contributed by atoms with Gasteiger partial charge in [-0.1, -0.05) is 6.92 Å². The zero-order chi connectivity index (χ0) is 13.7. The van der Waals surface area contributed by atoms with E-state index in [-0.39, 0.29) is 11.9 Å². The number of amides is 1. The second-order valence-electron chi connectivity index (χ2n) is 4.74. The highest BCUT2D eigenvalue weighted by Gasteiger charge is 2.26. The number of ether oxygens (including phenoxy) is 1. The predicted molar refractivity (Wildman–Crippen MR) is 76.5 cm³/mol. The van der Waals surface area contributed by atoms with Gasteiger partial charge in [0.05, 0.1) is 19.3 Å². The van der Waals surface area contributed by atoms with Gasteiger partial charge in [0.1, 0.15) is 0 Å². The van der Waals surface area contributed by atoms with Crippen LogP contribution in [0.25, 0.3) is 0 Å². The average Bonchev–Trinajstić information content (AvgIpc) is 2.47. The first-order valence-electron chi connectivity index (χ1n) is 6.99. The third-order valence-corrected chi connectivity index (χ3v) is 3.47. The summed E-state index contributed by atoms with van der Waals surface area (Å²) >= 11 is 0. The summed E-state index contributed by atoms with van der Waals surface area (Å²) in [5, 5.41) is 3.23. The molecule has 0 bridgehead atoms. The Labute approximate surface area is 114 Å². The highest BCUT2D eigenvalue weighted by Crippen LogP contribution is 2.16. The van der Waals surface area contributed by atoms with E-state index in [0.717, 1.165) is 24.2 Å². The number of carbonyl (C=O) groups is 1. The van der Waals surface area contributed by atoms with E-state index in [0.29, 0.717) is 19.8 Å². The lowest BCUT2D eigenvalue weighted by atomic mass is 10.1. The van der Waals surface area contributed by atoms with Crippen molar-refractivity contribution in [1.82, 2.24) is 4.90 Å². The minimum Gasteiger partial charge on any atom is -0.385 e. The van der Waals surface area contributed by atoms with Crippen molar-refractivity contribution >= 4 is 11.6 Å². The summed E-state index contributed by atoms with van der Waals surface area (Å²) in [6.45, 7) is 7.00. The molecule has 1 heterocycles. The molecule has 1 unspecified atom stereocenters. The molecule has 1 atom stereocenters. The van der Waals surface area contributed by atoms with Crippen molar-refractivity contribution < 1.29 is 9.53 Å². The van der Waals surface area contributed by atoms with E-state index in [9.17, 15) is 4.79 Å². The molecule has 0 saturated carbocycles. The molecule has 4 nitrogen and oxygen atoms in total. The van der Waals surface area contributed by atoms with Crippen LogP contribution in [-0.2, 0) is 4.74 Å². The van der Waals surface area contributed by atoms with E-state index in [1.807, 2.05) is 29.2 Å². The van der Waals surface area contributed by atoms with Crippen molar-refractivity contribution in [3.8, 4) is 0 Å². The van der Waals surface area contributed by atoms with Crippen LogP contribution in [-0.4, -0.2) is 43.2 Å². The van der Waals surface area contributed by atoms with Crippen molar-refractivity contribution in [2.24, 2.45) is 0 Å². The molecular formula is C15H22N2O2. The zero-order valence-electron chi connectivity index (χ0n) is 11.7. The number of morpholine rings is 1. The maximum Gasteiger partial charge on any atom is 0.254 e. The Morgan fingerprint density at radius 3 is 2.74 bits per heavy atom. The summed E-state index contributed by atoms with van der Waals surface area (Å²) in [5.41, 5.74) is 1.80. The third-order valence-electron chi connectivity index (χ3n) is 3.47. The predicted octanol–water partition coefficient (Wildman–Crippen LogP) is 2.37. The molecule has 1 aromatic rings. The zero-order valence-corrected chi connectivity index (χ0v) is 11.7. The molecule has 19 heavy (non-hydrogen) atoms. The van der Waals surface area contributed by atoms with Gasteiger partial charge in [-0.15, -0.1) is 0 Å². The molecule has 1 amide bonds. The van der Waals surface area contributed by atoms with Gasteiger partial charge in [-0.3, -0.25) is 4.79 Å². The van der Waals surface area contributed by atoms with E-state index >= 15 is 0 Å². The van der Waals surface area contributed by atoms with Crippen LogP contribution in [0.5, 0.6) is 0 Å². The number of hydrogen-bond donors (Lipinski definition) is 1. The van der Waals surface area contributed by atoms with E-state index in [1.54, 1.807) is 0 Å². The van der Waals surface area contributed by atoms with Crippen LogP contribution >= 0.6 is 0 Å². The summed E-state index contributed by atoms with van der Waals surface area (Å²) in [6, 6.07) is 7.90. The Morgan fingerprint density at radius 1 is 1.37 bits per heavy atom. The molecule has 1 N–H and O–H groups in total. The number of nitrogens with one attached hydrogen (secondary N) is 1. The summed E-state index contributed by atoms with van der Waals surface area (Å²) in [7, 11) is 0. The molecule has 1 aromatic carbocycles. The van der Waals surface area contributed by atoms with Crippen LogP contribution in [0.15, 0.2) is 24.3 Å². The number of hydrogen-bond acceptors (Lipinski definition) is 3. The standard InChI is InChI=1S/C15H22N2O2/c1-3-14-11-19-10-9-17(14)15(18)12-5-7-13(8-6-12)16-4-2/h5-8,14,16H,3-4,9-11H2,1-2H3. The highest BCUT2D eigenvalue weighted by molar-refractivity contribution is 5.94. The van der Waals surface area contributed by atoms with Gasteiger partial charge in [-0.05, 0) is 37.6 Å². The Bertz CT molecular complexity index is 417. The Morgan fingerprint density at radius 2 is 2.11 bits per heavy atom. The van der Waals surface area contributed by atoms with Gasteiger partial charge in [0.2, 0.25) is 0 Å². The first kappa shape index (κ1) is 13.9. The van der Waals surface area contributed by atoms with Crippen LogP contribution in [0.4, 0.5) is 5.69 Å². The van der Waals surface area contributed by atoms with E-state index < -0.39 is 0 Å². The maximum absolute atomic E-state index is 12.5. The fourth-order valence-electron chi connectivity index (χ4n) is 2.36. The first-order chi connectivity index (χ1) is 9.26. The lowest BCUT2D eigenvalue weighted by Gasteiger charge is -2.35. The van der Waals surface area contributed by atoms with Crippen molar-refractivity contribution in [1.29, 1.82) is 0 Å². The molecule has 104 valence electrons. The van der Waals surface area contributed by atoms with Crippen molar-refractivity contribution in [3.63, 3.8) is 0 Å². The van der Waals surface area contributed by atoms with Gasteiger partial charge in [-0.25, -0.2) is 0 Å². The molecule has 4 heteroatoms. The van der Waals surface area contributed by atoms with Crippen LogP contribution in [0.2, 0.25) is 0 Å². The van der Waals surface area contributed by atoms with Crippen LogP contribution in [0.3, 0.4) is 0 Å². The molecule has 0 spiro atoms. The molecule has 0 radical (unpaired) electrons. The Hall–Kier alpha value is -1.55. The monoisotopic (exact) mass is 262 g/mol. The minimum absolute atomic E-state index is 0.109. The van der Waals surface area contributed by atoms with E-state index in [4.69, 9.17) is 4.74 Å². The number of anilines is 1. The maximum atomic E-state index is 12.5. The molecule has 2 rings (SSSR count). The second kappa shape index (κ2) is 6.57. The highest BCUT2D eigenvalue weighted by atomic mass is 16.5. The number of carbonyl (C=O) groups excluding carboxylic acids is 1. The topological polar surface area (TPSA) is 41.6 Å². The average molecular weight is 262 g/mol. The van der Waals surface area contributed by atoms with Gasteiger partial charge >= 0.3 is 0 Å². The van der Waals surface area contributed by atoms with Gasteiger partial charge < -0.3 is 15.0 Å². The quantitative estimate of drug-likeness (QED) is 0.905. The molecular weight excluding hydrogens is 240 g/mol. The fourth-order valence-corrected chi connectivity index (χ4v) is 2.36. The second-order valence-corrected chi connectivity index (χ2v) is 4.74. The normalized spacial score (nSPS) is 19.3. The van der Waals surface area contributed by atoms with E-state index in [2.05, 4.69) is 19.2 Å². The molecule has 0 aromatic heterocycles. The van der Waals surface area contributed by atoms with Gasteiger partial charge in [0.25, 0.3) is 5.91 Å². The summed E-state index contributed by atoms with van der Waals surface area (Å²) in [4.78, 5) is 14.4. The van der Waals surface area contributed by atoms with E-state index in [1.165, 1.54) is 0 Å². The lowest BCUT2D eigenvalue weighted by Crippen LogP contribution is -2.48. The van der Waals surface area contributed by atoms with Gasteiger partial charge in [0.15, 0.2) is 0 Å². The molecule has 1 aliphatic heterocycles. The lowest BCUT2D eigenvalue weighted by molar-refractivity contribution is -0.00279. The number of rotatable bonds is 4. The van der Waals surface area contributed by atoms with Crippen molar-refractivity contribution in [2.45, 2.75) is 26.3 Å². The van der Waals surface area contributed by atoms with Gasteiger partial charge in [-0.2, -0.15) is 0 Å². The van der Waals surface area contributed by atoms with Gasteiger partial charge in [0, 0.05) is 24.3 Å². The third kappa shape index (κ3) is 3.26. The number of nitrogens with zero attached hydrogens (tertiary/aromatic N) is 1. The summed E-state index contributed by atoms with van der Waals surface area (Å²) in [6.07, 6.45) is 0.932. The van der Waals surface area contributed by atoms with Crippen LogP contribution < -0.4 is 5.32 Å². The van der Waals surface area contributed by atoms with Crippen LogP contribution in [0.1, 0.15) is 30.6 Å². The largest absolute Gasteiger partial charge is 0.385 e. The summed E-state index contributed by atoms with van der Waals surface area (Å²) in [5.74, 6) is 0.109. The first-order valence-corrected chi connectivity index (χ1v) is 6.99. The SMILES string of the molecule is CCNc1ccc(C(=O)N2CCOCC2CC)cc1. The number of benzene rings is 1. The molecule has 1 saturated heterocycles. The fraction of sp³-hybridized carbons (Fsp3) is 0.533. The smallest absolute Gasteiger partial charge is 0.254 e. The van der Waals surface area contributed by atoms with Crippen molar-refractivity contribution in [2.75, 3.05) is 31.6 Å². The molecule has 1 aliphatic rings. The summed E-state index contributed by atoms with van der Waals surface area (Å²) < 4.78 is 5.44. The Balaban J connectivity index is 2.09. The molecule has 0 aliphatic carbocycles. The molecule has 1 fully saturated rings. The Kier molecular flexibility index (Phi) is 4.80. The van der Waals surface area contributed by atoms with Crippen LogP contribution in [0, 0.1) is 0 Å². The van der Waals surface area contributed by atoms with Crippen molar-refractivity contribution in [3.05, 3.63) is 29.8 Å².